The maximum atomic E-state index is 14.8. The number of aromatic nitrogens is 4. The number of hydrogen-bond acceptors (Lipinski definition) is 7. The maximum absolute atomic E-state index is 14.8. The van der Waals surface area contributed by atoms with Gasteiger partial charge in [-0.25, -0.2) is 24.6 Å². The Kier molecular flexibility index (Phi) is 7.02. The molecule has 3 aromatic heterocycles. The van der Waals surface area contributed by atoms with Crippen molar-refractivity contribution in [1.29, 1.82) is 0 Å². The highest BCUT2D eigenvalue weighted by atomic mass is 35.5. The van der Waals surface area contributed by atoms with Crippen molar-refractivity contribution < 1.29 is 17.6 Å². The maximum Gasteiger partial charge on any atom is 0.279 e. The van der Waals surface area contributed by atoms with Gasteiger partial charge in [0, 0.05) is 28.5 Å². The quantitative estimate of drug-likeness (QED) is 0.113. The Balaban J connectivity index is 1.57. The van der Waals surface area contributed by atoms with Gasteiger partial charge in [0.05, 0.1) is 23.0 Å². The van der Waals surface area contributed by atoms with Crippen LogP contribution in [0.3, 0.4) is 0 Å². The van der Waals surface area contributed by atoms with E-state index in [-0.39, 0.29) is 34.5 Å². The molecule has 0 amide bonds. The zero-order valence-electron chi connectivity index (χ0n) is 20.9. The topological polar surface area (TPSA) is 145 Å². The predicted molar refractivity (Wildman–Crippen MR) is 143 cm³/mol. The third kappa shape index (κ3) is 4.89. The molecular formula is C26H23ClF4N8O. The van der Waals surface area contributed by atoms with Crippen LogP contribution < -0.4 is 27.9 Å². The van der Waals surface area contributed by atoms with Gasteiger partial charge in [-0.2, -0.15) is 8.78 Å². The van der Waals surface area contributed by atoms with Gasteiger partial charge >= 0.3 is 0 Å². The van der Waals surface area contributed by atoms with Gasteiger partial charge in [-0.15, -0.1) is 0 Å². The van der Waals surface area contributed by atoms with E-state index in [9.17, 15) is 22.4 Å². The second-order valence-electron chi connectivity index (χ2n) is 9.39. The van der Waals surface area contributed by atoms with Crippen LogP contribution in [0.5, 0.6) is 0 Å². The lowest BCUT2D eigenvalue weighted by atomic mass is 9.99. The average Bonchev–Trinajstić information content (AvgIpc) is 3.43. The monoisotopic (exact) mass is 574 g/mol. The summed E-state index contributed by atoms with van der Waals surface area (Å²) < 4.78 is 56.6. The summed E-state index contributed by atoms with van der Waals surface area (Å²) >= 11 is 6.22. The van der Waals surface area contributed by atoms with E-state index in [1.165, 1.54) is 34.9 Å². The second kappa shape index (κ2) is 10.3. The summed E-state index contributed by atoms with van der Waals surface area (Å²) in [4.78, 5) is 23.7. The van der Waals surface area contributed by atoms with Crippen LogP contribution in [0.2, 0.25) is 5.02 Å². The Labute approximate surface area is 229 Å². The Hall–Kier alpha value is -4.36. The first-order valence-corrected chi connectivity index (χ1v) is 12.4. The zero-order chi connectivity index (χ0) is 28.9. The number of alkyl halides is 2. The van der Waals surface area contributed by atoms with Gasteiger partial charge in [0.1, 0.15) is 17.3 Å². The summed E-state index contributed by atoms with van der Waals surface area (Å²) in [7, 11) is 0. The normalized spacial score (nSPS) is 16.9. The minimum atomic E-state index is -2.91. The fourth-order valence-corrected chi connectivity index (χ4v) is 5.03. The van der Waals surface area contributed by atoms with Crippen molar-refractivity contribution >= 4 is 23.1 Å². The van der Waals surface area contributed by atoms with Crippen molar-refractivity contribution in [3.63, 3.8) is 0 Å². The van der Waals surface area contributed by atoms with Crippen LogP contribution in [0, 0.1) is 11.9 Å². The highest BCUT2D eigenvalue weighted by Crippen LogP contribution is 2.41. The molecule has 40 heavy (non-hydrogen) atoms. The lowest BCUT2D eigenvalue weighted by Crippen LogP contribution is -2.28. The van der Waals surface area contributed by atoms with Crippen molar-refractivity contribution in [3.8, 4) is 22.4 Å². The van der Waals surface area contributed by atoms with Crippen molar-refractivity contribution in [1.82, 2.24) is 19.5 Å². The lowest BCUT2D eigenvalue weighted by molar-refractivity contribution is 0.187. The minimum Gasteiger partial charge on any atom is -0.396 e. The second-order valence-corrected chi connectivity index (χ2v) is 9.83. The molecule has 9 nitrogen and oxygen atoms in total. The summed E-state index contributed by atoms with van der Waals surface area (Å²) in [6.07, 6.45) is -1.63. The molecule has 4 heterocycles. The smallest absolute Gasteiger partial charge is 0.279 e. The molecule has 0 saturated carbocycles. The van der Waals surface area contributed by atoms with Crippen LogP contribution in [0.4, 0.5) is 29.1 Å². The number of nitrogens with one attached hydrogen (secondary N) is 1. The van der Waals surface area contributed by atoms with E-state index in [1.807, 2.05) is 6.92 Å². The number of fused-ring (bicyclic) bond motifs is 1. The number of anilines is 2. The highest BCUT2D eigenvalue weighted by Gasteiger charge is 2.34. The zero-order valence-corrected chi connectivity index (χ0v) is 21.6. The molecule has 0 aliphatic carbocycles. The van der Waals surface area contributed by atoms with Crippen LogP contribution in [-0.2, 0) is 0 Å². The molecule has 208 valence electrons. The van der Waals surface area contributed by atoms with Gasteiger partial charge in [0.2, 0.25) is 11.9 Å². The number of halogens is 5. The molecule has 1 aliphatic rings. The number of H-pyrrole nitrogens is 1. The predicted octanol–water partition coefficient (Wildman–Crippen LogP) is 4.66. The molecule has 4 aromatic rings. The third-order valence-corrected chi connectivity index (χ3v) is 6.95. The molecule has 1 aromatic carbocycles. The van der Waals surface area contributed by atoms with Gasteiger partial charge in [-0.1, -0.05) is 18.5 Å². The first-order valence-electron chi connectivity index (χ1n) is 12.0. The van der Waals surface area contributed by atoms with Gasteiger partial charge < -0.3 is 21.0 Å². The summed E-state index contributed by atoms with van der Waals surface area (Å²) in [5, 5.41) is 1.26. The number of imidazole rings is 1. The molecule has 0 saturated heterocycles. The van der Waals surface area contributed by atoms with E-state index in [4.69, 9.17) is 28.9 Å². The average molecular weight is 575 g/mol. The van der Waals surface area contributed by atoms with Crippen LogP contribution >= 0.6 is 11.6 Å². The van der Waals surface area contributed by atoms with E-state index in [2.05, 4.69) is 15.0 Å². The number of nitrogen functional groups attached to an aromatic ring is 1. The van der Waals surface area contributed by atoms with Gasteiger partial charge in [0.25, 0.3) is 12.0 Å². The molecule has 2 atom stereocenters. The van der Waals surface area contributed by atoms with E-state index >= 15 is 0 Å². The fourth-order valence-electron chi connectivity index (χ4n) is 4.86. The summed E-state index contributed by atoms with van der Waals surface area (Å²) in [5.41, 5.74) is 11.0. The van der Waals surface area contributed by atoms with E-state index in [0.717, 1.165) is 11.2 Å². The Morgan fingerprint density at radius 1 is 1.15 bits per heavy atom. The van der Waals surface area contributed by atoms with Crippen molar-refractivity contribution in [2.45, 2.75) is 31.7 Å². The largest absolute Gasteiger partial charge is 0.396 e. The summed E-state index contributed by atoms with van der Waals surface area (Å²) in [6, 6.07) is 9.63. The van der Waals surface area contributed by atoms with E-state index < -0.39 is 35.6 Å². The molecule has 0 radical (unpaired) electrons. The molecule has 1 aliphatic heterocycles. The Morgan fingerprint density at radius 2 is 1.90 bits per heavy atom. The van der Waals surface area contributed by atoms with Crippen molar-refractivity contribution in [2.24, 2.45) is 11.6 Å². The molecule has 14 heteroatoms. The van der Waals surface area contributed by atoms with Gasteiger partial charge in [-0.05, 0) is 54.3 Å². The molecule has 7 N–H and O–H groups in total. The van der Waals surface area contributed by atoms with Gasteiger partial charge in [-0.3, -0.25) is 9.80 Å². The Bertz CT molecular complexity index is 1700. The SMILES string of the molecule is C[C@@H]1CC(c2nc(F)c(-c3ccc(N)nc3F)[nH]2)n2c1cc(-c1cc(Cl)ccc1N(N)/C=C(\N)C(F)F)cc2=O. The van der Waals surface area contributed by atoms with Crippen LogP contribution in [0.25, 0.3) is 22.4 Å². The fraction of sp³-hybridized carbons (Fsp3) is 0.192. The van der Waals surface area contributed by atoms with E-state index in [0.29, 0.717) is 28.3 Å². The molecule has 5 rings (SSSR count). The number of hydrazine groups is 1. The van der Waals surface area contributed by atoms with Crippen LogP contribution in [-0.4, -0.2) is 25.9 Å². The number of nitrogens with zero attached hydrogens (tertiary/aromatic N) is 4. The minimum absolute atomic E-state index is 0.0589. The standard InChI is InChI=1S/C26H23ClF4N8O/c1-11-6-19(26-36-22(25(31)37-26)14-3-5-20(33)35-24(14)30)39-18(11)7-12(8-21(39)40)15-9-13(27)2-4-17(15)38(34)10-16(32)23(28)29/h2-5,7-11,19,23H,6,32,34H2,1H3,(H2,33,35)(H,36,37)/b16-10-/t11-,19?/m1/s1. The summed E-state index contributed by atoms with van der Waals surface area (Å²) in [6.45, 7) is 1.89. The molecule has 0 fully saturated rings. The first-order chi connectivity index (χ1) is 18.9. The number of rotatable bonds is 6. The van der Waals surface area contributed by atoms with Crippen molar-refractivity contribution in [3.05, 3.63) is 93.2 Å². The number of pyridine rings is 2. The third-order valence-electron chi connectivity index (χ3n) is 6.71. The highest BCUT2D eigenvalue weighted by molar-refractivity contribution is 6.31. The molecule has 0 bridgehead atoms. The molecule has 1 unspecified atom stereocenters. The number of benzene rings is 1. The van der Waals surface area contributed by atoms with Crippen molar-refractivity contribution in [2.75, 3.05) is 10.7 Å². The first kappa shape index (κ1) is 27.2. The number of allylic oxidation sites excluding steroid dienone is 1. The Morgan fingerprint density at radius 3 is 2.60 bits per heavy atom. The van der Waals surface area contributed by atoms with Crippen LogP contribution in [0.15, 0.2) is 59.2 Å². The van der Waals surface area contributed by atoms with Gasteiger partial charge in [0.15, 0.2) is 0 Å². The molecule has 0 spiro atoms. The number of aromatic amines is 1. The molecular weight excluding hydrogens is 552 g/mol. The lowest BCUT2D eigenvalue weighted by Gasteiger charge is -2.20. The van der Waals surface area contributed by atoms with E-state index in [1.54, 1.807) is 12.1 Å². The van der Waals surface area contributed by atoms with Crippen LogP contribution in [0.1, 0.15) is 36.8 Å². The number of nitrogens with two attached hydrogens (primary N) is 3. The number of hydrogen-bond donors (Lipinski definition) is 4. The summed E-state index contributed by atoms with van der Waals surface area (Å²) in [5.74, 6) is 4.00.